The first-order valence-electron chi connectivity index (χ1n) is 10.7. The van der Waals surface area contributed by atoms with E-state index in [0.29, 0.717) is 18.4 Å². The summed E-state index contributed by atoms with van der Waals surface area (Å²) in [5.74, 6) is 2.23. The zero-order valence-electron chi connectivity index (χ0n) is 16.6. The van der Waals surface area contributed by atoms with Crippen molar-refractivity contribution >= 4 is 27.4 Å². The van der Waals surface area contributed by atoms with Gasteiger partial charge in [0.25, 0.3) is 0 Å². The molecule has 3 aromatic heterocycles. The highest BCUT2D eigenvalue weighted by Gasteiger charge is 2.32. The molecule has 0 aromatic carbocycles. The molecule has 5 rings (SSSR count). The highest BCUT2D eigenvalue weighted by Crippen LogP contribution is 2.41. The largest absolute Gasteiger partial charge is 0.366 e. The summed E-state index contributed by atoms with van der Waals surface area (Å²) < 4.78 is 2.84. The highest BCUT2D eigenvalue weighted by molar-refractivity contribution is 9.10. The van der Waals surface area contributed by atoms with Crippen LogP contribution in [0.3, 0.4) is 0 Å². The van der Waals surface area contributed by atoms with Crippen LogP contribution in [0.4, 0.5) is 5.82 Å². The molecule has 0 amide bonds. The van der Waals surface area contributed by atoms with E-state index in [-0.39, 0.29) is 0 Å². The predicted molar refractivity (Wildman–Crippen MR) is 118 cm³/mol. The number of anilines is 1. The second-order valence-electron chi connectivity index (χ2n) is 8.31. The Morgan fingerprint density at radius 3 is 2.86 bits per heavy atom. The maximum Gasteiger partial charge on any atom is 0.171 e. The van der Waals surface area contributed by atoms with E-state index in [1.807, 2.05) is 23.0 Å². The van der Waals surface area contributed by atoms with E-state index in [9.17, 15) is 0 Å². The first-order chi connectivity index (χ1) is 14.3. The van der Waals surface area contributed by atoms with Gasteiger partial charge in [0.2, 0.25) is 0 Å². The number of aromatic nitrogens is 4. The number of hydrogen-bond acceptors (Lipinski definition) is 5. The molecule has 4 heterocycles. The van der Waals surface area contributed by atoms with Gasteiger partial charge in [-0.05, 0) is 72.3 Å². The van der Waals surface area contributed by atoms with Gasteiger partial charge in [-0.25, -0.2) is 4.98 Å². The fourth-order valence-corrected chi connectivity index (χ4v) is 5.26. The molecule has 1 N–H and O–H groups in total. The van der Waals surface area contributed by atoms with Crippen LogP contribution in [0.25, 0.3) is 5.65 Å². The molecule has 7 heteroatoms. The Morgan fingerprint density at radius 2 is 2.03 bits per heavy atom. The molecule has 0 radical (unpaired) electrons. The quantitative estimate of drug-likeness (QED) is 0.594. The second-order valence-corrected chi connectivity index (χ2v) is 9.17. The molecule has 1 saturated heterocycles. The predicted octanol–water partition coefficient (Wildman–Crippen LogP) is 4.48. The Labute approximate surface area is 179 Å². The molecule has 6 nitrogen and oxygen atoms in total. The van der Waals surface area contributed by atoms with E-state index in [4.69, 9.17) is 4.98 Å². The van der Waals surface area contributed by atoms with Crippen LogP contribution in [0.2, 0.25) is 0 Å². The first kappa shape index (κ1) is 19.0. The molecule has 3 aromatic rings. The van der Waals surface area contributed by atoms with Crippen molar-refractivity contribution in [2.45, 2.75) is 44.6 Å². The summed E-state index contributed by atoms with van der Waals surface area (Å²) in [5, 5.41) is 8.08. The molecule has 1 saturated carbocycles. The highest BCUT2D eigenvalue weighted by atomic mass is 79.9. The van der Waals surface area contributed by atoms with Crippen LogP contribution in [-0.2, 0) is 6.54 Å². The SMILES string of the molecule is Brc1cnn2c(NCc3cccnc3)cc(C3CCCC3CN3CCCC3)nc12. The maximum absolute atomic E-state index is 5.04. The lowest BCUT2D eigenvalue weighted by Gasteiger charge is -2.25. The standard InChI is InChI=1S/C22H27BrN6/c23-19-14-26-29-21(25-13-16-5-4-8-24-12-16)11-20(27-22(19)29)18-7-3-6-17(18)15-28-9-1-2-10-28/h4-5,8,11-12,14,17-18,25H,1-3,6-7,9-10,13,15H2. The van der Waals surface area contributed by atoms with E-state index >= 15 is 0 Å². The number of likely N-dealkylation sites (tertiary alicyclic amines) is 1. The van der Waals surface area contributed by atoms with Gasteiger partial charge in [-0.3, -0.25) is 4.98 Å². The van der Waals surface area contributed by atoms with Gasteiger partial charge in [-0.1, -0.05) is 12.5 Å². The Morgan fingerprint density at radius 1 is 1.14 bits per heavy atom. The van der Waals surface area contributed by atoms with Crippen molar-refractivity contribution in [2.75, 3.05) is 25.0 Å². The zero-order chi connectivity index (χ0) is 19.6. The molecular weight excluding hydrogens is 428 g/mol. The minimum Gasteiger partial charge on any atom is -0.366 e. The smallest absolute Gasteiger partial charge is 0.171 e. The molecule has 152 valence electrons. The monoisotopic (exact) mass is 454 g/mol. The van der Waals surface area contributed by atoms with Gasteiger partial charge in [-0.2, -0.15) is 9.61 Å². The first-order valence-corrected chi connectivity index (χ1v) is 11.5. The Balaban J connectivity index is 1.43. The van der Waals surface area contributed by atoms with Gasteiger partial charge in [-0.15, -0.1) is 0 Å². The van der Waals surface area contributed by atoms with E-state index < -0.39 is 0 Å². The van der Waals surface area contributed by atoms with Gasteiger partial charge in [0.1, 0.15) is 5.82 Å². The number of rotatable bonds is 6. The van der Waals surface area contributed by atoms with Gasteiger partial charge < -0.3 is 10.2 Å². The number of fused-ring (bicyclic) bond motifs is 1. The van der Waals surface area contributed by atoms with Crippen LogP contribution in [-0.4, -0.2) is 44.1 Å². The van der Waals surface area contributed by atoms with Crippen LogP contribution in [0.1, 0.15) is 49.3 Å². The van der Waals surface area contributed by atoms with Gasteiger partial charge >= 0.3 is 0 Å². The van der Waals surface area contributed by atoms with E-state index in [1.54, 1.807) is 6.20 Å². The summed E-state index contributed by atoms with van der Waals surface area (Å²) in [5.41, 5.74) is 3.25. The van der Waals surface area contributed by atoms with Gasteiger partial charge in [0.15, 0.2) is 5.65 Å². The third kappa shape index (κ3) is 4.03. The molecule has 0 spiro atoms. The summed E-state index contributed by atoms with van der Waals surface area (Å²) in [6.07, 6.45) is 12.1. The Bertz CT molecular complexity index is 966. The molecule has 2 atom stereocenters. The molecule has 2 unspecified atom stereocenters. The lowest BCUT2D eigenvalue weighted by atomic mass is 9.92. The van der Waals surface area contributed by atoms with E-state index in [2.05, 4.69) is 48.4 Å². The molecule has 1 aliphatic carbocycles. The van der Waals surface area contributed by atoms with Crippen molar-refractivity contribution in [3.63, 3.8) is 0 Å². The van der Waals surface area contributed by atoms with Crippen LogP contribution in [0, 0.1) is 5.92 Å². The third-order valence-corrected chi connectivity index (χ3v) is 6.93. The molecule has 1 aliphatic heterocycles. The van der Waals surface area contributed by atoms with Gasteiger partial charge in [0.05, 0.1) is 16.4 Å². The minimum atomic E-state index is 0.529. The van der Waals surface area contributed by atoms with Crippen molar-refractivity contribution in [1.29, 1.82) is 0 Å². The molecule has 2 aliphatic rings. The van der Waals surface area contributed by atoms with E-state index in [0.717, 1.165) is 21.5 Å². The maximum atomic E-state index is 5.04. The fraction of sp³-hybridized carbons (Fsp3) is 0.500. The van der Waals surface area contributed by atoms with Crippen molar-refractivity contribution in [1.82, 2.24) is 24.5 Å². The Kier molecular flexibility index (Phi) is 5.50. The van der Waals surface area contributed by atoms with Gasteiger partial charge in [0, 0.05) is 37.5 Å². The summed E-state index contributed by atoms with van der Waals surface area (Å²) >= 11 is 3.63. The minimum absolute atomic E-state index is 0.529. The third-order valence-electron chi connectivity index (χ3n) is 6.38. The number of halogens is 1. The average Bonchev–Trinajstić information content (AvgIpc) is 3.50. The molecule has 29 heavy (non-hydrogen) atoms. The normalized spacial score (nSPS) is 22.5. The molecular formula is C22H27BrN6. The summed E-state index contributed by atoms with van der Waals surface area (Å²) in [4.78, 5) is 11.9. The molecule has 0 bridgehead atoms. The summed E-state index contributed by atoms with van der Waals surface area (Å²) in [7, 11) is 0. The van der Waals surface area contributed by atoms with Crippen LogP contribution in [0.15, 0.2) is 41.3 Å². The van der Waals surface area contributed by atoms with Crippen LogP contribution in [0.5, 0.6) is 0 Å². The molecule has 2 fully saturated rings. The Hall–Kier alpha value is -1.99. The van der Waals surface area contributed by atoms with Crippen molar-refractivity contribution in [3.05, 3.63) is 52.5 Å². The van der Waals surface area contributed by atoms with Crippen molar-refractivity contribution < 1.29 is 0 Å². The lowest BCUT2D eigenvalue weighted by Crippen LogP contribution is -2.28. The van der Waals surface area contributed by atoms with Crippen molar-refractivity contribution in [3.8, 4) is 0 Å². The zero-order valence-corrected chi connectivity index (χ0v) is 18.2. The number of nitrogens with one attached hydrogen (secondary N) is 1. The second kappa shape index (κ2) is 8.40. The van der Waals surface area contributed by atoms with Crippen LogP contribution < -0.4 is 5.32 Å². The number of nitrogens with zero attached hydrogens (tertiary/aromatic N) is 5. The number of pyridine rings is 1. The fourth-order valence-electron chi connectivity index (χ4n) is 4.91. The van der Waals surface area contributed by atoms with Crippen LogP contribution >= 0.6 is 15.9 Å². The number of hydrogen-bond donors (Lipinski definition) is 1. The lowest BCUT2D eigenvalue weighted by molar-refractivity contribution is 0.265. The summed E-state index contributed by atoms with van der Waals surface area (Å²) in [6, 6.07) is 6.27. The summed E-state index contributed by atoms with van der Waals surface area (Å²) in [6.45, 7) is 4.46. The topological polar surface area (TPSA) is 58.4 Å². The van der Waals surface area contributed by atoms with Crippen molar-refractivity contribution in [2.24, 2.45) is 5.92 Å². The average molecular weight is 455 g/mol. The van der Waals surface area contributed by atoms with E-state index in [1.165, 1.54) is 57.4 Å².